The summed E-state index contributed by atoms with van der Waals surface area (Å²) in [6, 6.07) is 0. The lowest BCUT2D eigenvalue weighted by Gasteiger charge is -1.78. The Morgan fingerprint density at radius 2 is 1.50 bits per heavy atom. The summed E-state index contributed by atoms with van der Waals surface area (Å²) in [5, 5.41) is 13.6. The molecule has 0 aromatic rings. The third-order valence-corrected chi connectivity index (χ3v) is 0. The highest BCUT2D eigenvalue weighted by atomic mass is 19.2. The van der Waals surface area contributed by atoms with Gasteiger partial charge in [0.1, 0.15) is 5.45 Å². The lowest BCUT2D eigenvalue weighted by Crippen LogP contribution is -1.95. The van der Waals surface area contributed by atoms with Gasteiger partial charge in [-0.3, -0.25) is 10.4 Å². The van der Waals surface area contributed by atoms with Crippen LogP contribution in [0.2, 0.25) is 0 Å². The van der Waals surface area contributed by atoms with Crippen molar-refractivity contribution in [3.63, 3.8) is 0 Å². The molecule has 0 amide bonds. The van der Waals surface area contributed by atoms with Crippen LogP contribution in [0.3, 0.4) is 0 Å². The van der Waals surface area contributed by atoms with Gasteiger partial charge in [0.25, 0.3) is 0 Å². The predicted molar refractivity (Wildman–Crippen MR) is 6.52 cm³/mol. The van der Waals surface area contributed by atoms with Gasteiger partial charge in [-0.2, -0.15) is 0 Å². The zero-order chi connectivity index (χ0) is 3.58. The molecule has 26 valence electrons. The summed E-state index contributed by atoms with van der Waals surface area (Å²) in [5.41, 5.74) is -1.50. The van der Waals surface area contributed by atoms with Gasteiger partial charge in [-0.15, -0.1) is 0 Å². The fourth-order valence-corrected chi connectivity index (χ4v) is 0. The molecule has 0 saturated heterocycles. The van der Waals surface area contributed by atoms with Crippen molar-refractivity contribution in [3.8, 4) is 0 Å². The Hall–Kier alpha value is -0.190. The summed E-state index contributed by atoms with van der Waals surface area (Å²) < 4.78 is 9.94. The van der Waals surface area contributed by atoms with Crippen LogP contribution in [-0.4, -0.2) is 15.9 Å². The Bertz CT molecular complexity index is 10.8. The molecule has 3 nitrogen and oxygen atoms in total. The summed E-state index contributed by atoms with van der Waals surface area (Å²) >= 11 is 0. The normalized spacial score (nSPS) is 9.00. The molecule has 0 heterocycles. The molecule has 0 radical (unpaired) electrons. The van der Waals surface area contributed by atoms with E-state index >= 15 is 0 Å². The Morgan fingerprint density at radius 3 is 1.50 bits per heavy atom. The van der Waals surface area contributed by atoms with Crippen LogP contribution in [0.1, 0.15) is 0 Å². The highest BCUT2D eigenvalue weighted by Crippen LogP contribution is 1.60. The highest BCUT2D eigenvalue weighted by molar-refractivity contribution is 3.17. The molecule has 0 saturated carbocycles. The number of nitrogens with zero attached hydrogens (tertiary/aromatic N) is 1. The number of hydrogen-bond donors (Lipinski definition) is 2. The maximum absolute atomic E-state index is 9.94. The van der Waals surface area contributed by atoms with E-state index in [9.17, 15) is 4.48 Å². The second kappa shape index (κ2) is 1.17. The third kappa shape index (κ3) is 32.9. The highest BCUT2D eigenvalue weighted by Gasteiger charge is 1.70. The topological polar surface area (TPSA) is 43.7 Å². The van der Waals surface area contributed by atoms with Gasteiger partial charge in [0.2, 0.25) is 0 Å². The van der Waals surface area contributed by atoms with Crippen LogP contribution in [0.4, 0.5) is 4.48 Å². The fourth-order valence-electron chi connectivity index (χ4n) is 0. The van der Waals surface area contributed by atoms with Crippen LogP contribution < -0.4 is 0 Å². The van der Waals surface area contributed by atoms with Crippen molar-refractivity contribution in [2.24, 2.45) is 0 Å². The summed E-state index contributed by atoms with van der Waals surface area (Å²) in [5.74, 6) is 0. The minimum absolute atomic E-state index is 1.50. The van der Waals surface area contributed by atoms with Gasteiger partial charge < -0.3 is 0 Å². The van der Waals surface area contributed by atoms with Gasteiger partial charge >= 0.3 is 0 Å². The lowest BCUT2D eigenvalue weighted by molar-refractivity contribution is -0.420. The molecule has 0 spiro atoms. The van der Waals surface area contributed by atoms with Crippen molar-refractivity contribution in [2.75, 3.05) is 0 Å². The van der Waals surface area contributed by atoms with Crippen molar-refractivity contribution in [3.05, 3.63) is 0 Å². The largest absolute Gasteiger partial charge is 0.262 e. The maximum atomic E-state index is 9.94. The van der Waals surface area contributed by atoms with Crippen LogP contribution in [0.15, 0.2) is 0 Å². The monoisotopic (exact) mass is 67.0 g/mol. The standard InChI is InChI=1S/FH2NO2/c1-2(3)4/h3-4H. The fraction of sp³-hybridized carbons (Fsp3) is 0. The first kappa shape index (κ1) is 3.81. The molecule has 0 unspecified atom stereocenters. The van der Waals surface area contributed by atoms with E-state index in [1.165, 1.54) is 0 Å². The molecular formula is H2FNO2. The van der Waals surface area contributed by atoms with E-state index in [4.69, 9.17) is 10.4 Å². The lowest BCUT2D eigenvalue weighted by atomic mass is 13.1. The molecule has 0 aliphatic carbocycles. The summed E-state index contributed by atoms with van der Waals surface area (Å²) in [6.45, 7) is 0. The van der Waals surface area contributed by atoms with Crippen molar-refractivity contribution in [2.45, 2.75) is 0 Å². The molecule has 0 rings (SSSR count). The molecule has 0 aromatic carbocycles. The first-order valence-electron chi connectivity index (χ1n) is 0.569. The second-order valence-corrected chi connectivity index (χ2v) is 0.241. The van der Waals surface area contributed by atoms with Gasteiger partial charge in [-0.05, 0) is 0 Å². The molecule has 0 aliphatic heterocycles. The second-order valence-electron chi connectivity index (χ2n) is 0.241. The van der Waals surface area contributed by atoms with Gasteiger partial charge in [0.05, 0.1) is 0 Å². The van der Waals surface area contributed by atoms with E-state index in [0.717, 1.165) is 0 Å². The quantitative estimate of drug-likeness (QED) is 0.308. The molecule has 0 aromatic heterocycles. The number of rotatable bonds is 0. The van der Waals surface area contributed by atoms with E-state index in [1.807, 2.05) is 0 Å². The Balaban J connectivity index is 2.32. The van der Waals surface area contributed by atoms with Crippen LogP contribution >= 0.6 is 0 Å². The molecule has 0 fully saturated rings. The first-order valence-corrected chi connectivity index (χ1v) is 0.569. The van der Waals surface area contributed by atoms with Crippen LogP contribution in [-0.2, 0) is 0 Å². The number of hydrogen-bond acceptors (Lipinski definition) is 3. The Morgan fingerprint density at radius 1 is 1.50 bits per heavy atom. The SMILES string of the molecule is ON(O)F. The van der Waals surface area contributed by atoms with Crippen LogP contribution in [0.5, 0.6) is 0 Å². The molecular weight excluding hydrogens is 65.0 g/mol. The molecule has 4 heteroatoms. The van der Waals surface area contributed by atoms with Gasteiger partial charge in [-0.1, -0.05) is 4.48 Å². The molecule has 0 atom stereocenters. The van der Waals surface area contributed by atoms with Crippen LogP contribution in [0.25, 0.3) is 0 Å². The molecule has 0 bridgehead atoms. The van der Waals surface area contributed by atoms with Gasteiger partial charge in [-0.25, -0.2) is 0 Å². The third-order valence-electron chi connectivity index (χ3n) is 0. The summed E-state index contributed by atoms with van der Waals surface area (Å²) in [6.07, 6.45) is 0. The van der Waals surface area contributed by atoms with E-state index in [2.05, 4.69) is 0 Å². The van der Waals surface area contributed by atoms with E-state index < -0.39 is 5.45 Å². The average Bonchev–Trinajstić information content (AvgIpc) is 0.811. The molecule has 0 aliphatic rings. The van der Waals surface area contributed by atoms with E-state index in [1.54, 1.807) is 0 Å². The average molecular weight is 67.0 g/mol. The van der Waals surface area contributed by atoms with E-state index in [0.29, 0.717) is 0 Å². The minimum Gasteiger partial charge on any atom is -0.262 e. The molecule has 4 heavy (non-hydrogen) atoms. The summed E-state index contributed by atoms with van der Waals surface area (Å²) in [7, 11) is 0. The van der Waals surface area contributed by atoms with Crippen molar-refractivity contribution >= 4 is 0 Å². The zero-order valence-corrected chi connectivity index (χ0v) is 1.72. The van der Waals surface area contributed by atoms with Gasteiger partial charge in [0.15, 0.2) is 0 Å². The van der Waals surface area contributed by atoms with Gasteiger partial charge in [0, 0.05) is 0 Å². The maximum Gasteiger partial charge on any atom is 0.113 e. The predicted octanol–water partition coefficient (Wildman–Crippen LogP) is -0.0487. The Kier molecular flexibility index (Phi) is 1.11. The van der Waals surface area contributed by atoms with Crippen molar-refractivity contribution in [1.82, 2.24) is 5.45 Å². The molecule has 2 N–H and O–H groups in total. The van der Waals surface area contributed by atoms with Crippen LogP contribution in [0, 0.1) is 0 Å². The van der Waals surface area contributed by atoms with Crippen molar-refractivity contribution < 1.29 is 14.9 Å². The van der Waals surface area contributed by atoms with Crippen molar-refractivity contribution in [1.29, 1.82) is 0 Å². The Labute approximate surface area is 21.7 Å². The van der Waals surface area contributed by atoms with E-state index in [-0.39, 0.29) is 0 Å². The smallest absolute Gasteiger partial charge is 0.113 e. The first-order chi connectivity index (χ1) is 1.73. The minimum atomic E-state index is -1.50. The zero-order valence-electron chi connectivity index (χ0n) is 1.72. The summed E-state index contributed by atoms with van der Waals surface area (Å²) in [4.78, 5) is 0. The number of halogens is 1.